The number of anilines is 1. The van der Waals surface area contributed by atoms with E-state index in [1.807, 2.05) is 24.0 Å². The summed E-state index contributed by atoms with van der Waals surface area (Å²) >= 11 is 0. The van der Waals surface area contributed by atoms with Crippen molar-refractivity contribution >= 4 is 11.7 Å². The molecule has 2 rings (SSSR count). The molecule has 0 aromatic carbocycles. The smallest absolute Gasteiger partial charge is 0.308 e. The molecule has 2 heterocycles. The summed E-state index contributed by atoms with van der Waals surface area (Å²) in [5, 5.41) is 17.8. The first-order valence-corrected chi connectivity index (χ1v) is 5.46. The van der Waals surface area contributed by atoms with E-state index in [9.17, 15) is 4.79 Å². The van der Waals surface area contributed by atoms with Crippen molar-refractivity contribution in [3.63, 3.8) is 0 Å². The summed E-state index contributed by atoms with van der Waals surface area (Å²) in [6.45, 7) is 3.05. The SMILES string of the molecule is Cc1cc(N2CCC(C(=O)O)C2)cc(C#N)n1. The number of nitriles is 1. The zero-order valence-electron chi connectivity index (χ0n) is 9.55. The Morgan fingerprint density at radius 2 is 2.41 bits per heavy atom. The Bertz CT molecular complexity index is 493. The summed E-state index contributed by atoms with van der Waals surface area (Å²) < 4.78 is 0. The number of aromatic nitrogens is 1. The highest BCUT2D eigenvalue weighted by atomic mass is 16.4. The maximum Gasteiger partial charge on any atom is 0.308 e. The first-order chi connectivity index (χ1) is 8.10. The van der Waals surface area contributed by atoms with Gasteiger partial charge in [0.05, 0.1) is 5.92 Å². The molecule has 1 aromatic heterocycles. The predicted octanol–water partition coefficient (Wildman–Crippen LogP) is 1.17. The molecule has 1 aromatic rings. The Morgan fingerprint density at radius 3 is 3.00 bits per heavy atom. The second-order valence-corrected chi connectivity index (χ2v) is 4.23. The summed E-state index contributed by atoms with van der Waals surface area (Å²) in [5.74, 6) is -1.06. The quantitative estimate of drug-likeness (QED) is 0.826. The minimum Gasteiger partial charge on any atom is -0.481 e. The fourth-order valence-corrected chi connectivity index (χ4v) is 2.09. The molecule has 1 saturated heterocycles. The third kappa shape index (κ3) is 2.36. The van der Waals surface area contributed by atoms with Crippen molar-refractivity contribution in [3.05, 3.63) is 23.5 Å². The Balaban J connectivity index is 2.22. The largest absolute Gasteiger partial charge is 0.481 e. The van der Waals surface area contributed by atoms with E-state index in [0.29, 0.717) is 25.2 Å². The molecule has 1 N–H and O–H groups in total. The van der Waals surface area contributed by atoms with Gasteiger partial charge < -0.3 is 10.0 Å². The molecule has 0 aliphatic carbocycles. The second kappa shape index (κ2) is 4.42. The maximum atomic E-state index is 10.9. The molecule has 1 fully saturated rings. The number of carboxylic acid groups (broad SMARTS) is 1. The summed E-state index contributed by atoms with van der Waals surface area (Å²) in [6.07, 6.45) is 0.651. The summed E-state index contributed by atoms with van der Waals surface area (Å²) in [6, 6.07) is 5.60. The second-order valence-electron chi connectivity index (χ2n) is 4.23. The number of hydrogen-bond donors (Lipinski definition) is 1. The molecule has 5 heteroatoms. The Hall–Kier alpha value is -2.09. The van der Waals surface area contributed by atoms with Crippen molar-refractivity contribution in [1.29, 1.82) is 5.26 Å². The minimum absolute atomic E-state index is 0.311. The van der Waals surface area contributed by atoms with Crippen molar-refractivity contribution < 1.29 is 9.90 Å². The zero-order chi connectivity index (χ0) is 12.4. The number of carbonyl (C=O) groups is 1. The van der Waals surface area contributed by atoms with Crippen molar-refractivity contribution in [2.75, 3.05) is 18.0 Å². The van der Waals surface area contributed by atoms with Crippen LogP contribution in [0, 0.1) is 24.2 Å². The van der Waals surface area contributed by atoms with E-state index < -0.39 is 5.97 Å². The van der Waals surface area contributed by atoms with Crippen LogP contribution in [0.25, 0.3) is 0 Å². The van der Waals surface area contributed by atoms with Crippen LogP contribution in [-0.2, 0) is 4.79 Å². The van der Waals surface area contributed by atoms with Crippen LogP contribution in [0.1, 0.15) is 17.8 Å². The van der Waals surface area contributed by atoms with Crippen molar-refractivity contribution in [3.8, 4) is 6.07 Å². The van der Waals surface area contributed by atoms with Gasteiger partial charge in [0.25, 0.3) is 0 Å². The van der Waals surface area contributed by atoms with Gasteiger partial charge in [-0.1, -0.05) is 0 Å². The van der Waals surface area contributed by atoms with Gasteiger partial charge in [0, 0.05) is 24.5 Å². The van der Waals surface area contributed by atoms with Crippen LogP contribution in [-0.4, -0.2) is 29.1 Å². The number of hydrogen-bond acceptors (Lipinski definition) is 4. The van der Waals surface area contributed by atoms with E-state index in [1.165, 1.54) is 0 Å². The maximum absolute atomic E-state index is 10.9. The summed E-state index contributed by atoms with van der Waals surface area (Å²) in [7, 11) is 0. The molecule has 1 aliphatic rings. The van der Waals surface area contributed by atoms with Crippen LogP contribution in [0.15, 0.2) is 12.1 Å². The number of pyridine rings is 1. The van der Waals surface area contributed by atoms with Gasteiger partial charge in [0.15, 0.2) is 0 Å². The number of aryl methyl sites for hydroxylation is 1. The summed E-state index contributed by atoms with van der Waals surface area (Å²) in [5.41, 5.74) is 2.04. The topological polar surface area (TPSA) is 77.2 Å². The van der Waals surface area contributed by atoms with Crippen LogP contribution in [0.2, 0.25) is 0 Å². The van der Waals surface area contributed by atoms with Gasteiger partial charge in [-0.3, -0.25) is 4.79 Å². The lowest BCUT2D eigenvalue weighted by molar-refractivity contribution is -0.140. The minimum atomic E-state index is -0.751. The van der Waals surface area contributed by atoms with Crippen LogP contribution in [0.3, 0.4) is 0 Å². The van der Waals surface area contributed by atoms with E-state index in [2.05, 4.69) is 4.98 Å². The molecule has 0 radical (unpaired) electrons. The lowest BCUT2D eigenvalue weighted by Gasteiger charge is -2.18. The van der Waals surface area contributed by atoms with Crippen LogP contribution in [0.4, 0.5) is 5.69 Å². The first-order valence-electron chi connectivity index (χ1n) is 5.46. The lowest BCUT2D eigenvalue weighted by atomic mass is 10.1. The van der Waals surface area contributed by atoms with Gasteiger partial charge in [0.2, 0.25) is 0 Å². The lowest BCUT2D eigenvalue weighted by Crippen LogP contribution is -2.22. The van der Waals surface area contributed by atoms with Gasteiger partial charge in [0.1, 0.15) is 11.8 Å². The van der Waals surface area contributed by atoms with E-state index >= 15 is 0 Å². The average molecular weight is 231 g/mol. The van der Waals surface area contributed by atoms with Gasteiger partial charge in [-0.15, -0.1) is 0 Å². The first kappa shape index (κ1) is 11.4. The van der Waals surface area contributed by atoms with E-state index in [-0.39, 0.29) is 5.92 Å². The Morgan fingerprint density at radius 1 is 1.65 bits per heavy atom. The summed E-state index contributed by atoms with van der Waals surface area (Å²) in [4.78, 5) is 16.9. The highest BCUT2D eigenvalue weighted by Crippen LogP contribution is 2.24. The average Bonchev–Trinajstić information content (AvgIpc) is 2.77. The molecule has 0 saturated carbocycles. The predicted molar refractivity (Wildman–Crippen MR) is 61.6 cm³/mol. The third-order valence-corrected chi connectivity index (χ3v) is 2.96. The molecule has 0 amide bonds. The van der Waals surface area contributed by atoms with Crippen LogP contribution >= 0.6 is 0 Å². The van der Waals surface area contributed by atoms with Crippen molar-refractivity contribution in [1.82, 2.24) is 4.98 Å². The van der Waals surface area contributed by atoms with Crippen molar-refractivity contribution in [2.45, 2.75) is 13.3 Å². The fraction of sp³-hybridized carbons (Fsp3) is 0.417. The molecule has 88 valence electrons. The fourth-order valence-electron chi connectivity index (χ4n) is 2.09. The van der Waals surface area contributed by atoms with Crippen molar-refractivity contribution in [2.24, 2.45) is 5.92 Å². The molecule has 17 heavy (non-hydrogen) atoms. The zero-order valence-corrected chi connectivity index (χ0v) is 9.55. The highest BCUT2D eigenvalue weighted by molar-refractivity contribution is 5.72. The Labute approximate surface area is 99.3 Å². The third-order valence-electron chi connectivity index (χ3n) is 2.96. The van der Waals surface area contributed by atoms with E-state index in [1.54, 1.807) is 6.07 Å². The van der Waals surface area contributed by atoms with Gasteiger partial charge in [-0.05, 0) is 25.5 Å². The normalized spacial score (nSPS) is 19.1. The Kier molecular flexibility index (Phi) is 2.96. The molecule has 0 spiro atoms. The molecular weight excluding hydrogens is 218 g/mol. The molecular formula is C12H13N3O2. The van der Waals surface area contributed by atoms with Gasteiger partial charge in [-0.2, -0.15) is 5.26 Å². The molecule has 1 atom stereocenters. The molecule has 1 aliphatic heterocycles. The van der Waals surface area contributed by atoms with Crippen LogP contribution in [0.5, 0.6) is 0 Å². The monoisotopic (exact) mass is 231 g/mol. The number of aliphatic carboxylic acids is 1. The van der Waals surface area contributed by atoms with E-state index in [4.69, 9.17) is 10.4 Å². The van der Waals surface area contributed by atoms with Gasteiger partial charge >= 0.3 is 5.97 Å². The highest BCUT2D eigenvalue weighted by Gasteiger charge is 2.28. The number of nitrogens with zero attached hydrogens (tertiary/aromatic N) is 3. The van der Waals surface area contributed by atoms with Crippen LogP contribution < -0.4 is 4.90 Å². The van der Waals surface area contributed by atoms with E-state index in [0.717, 1.165) is 11.4 Å². The molecule has 5 nitrogen and oxygen atoms in total. The molecule has 1 unspecified atom stereocenters. The standard InChI is InChI=1S/C12H13N3O2/c1-8-4-11(5-10(6-13)14-8)15-3-2-9(7-15)12(16)17/h4-5,9H,2-3,7H2,1H3,(H,16,17). The number of rotatable bonds is 2. The molecule has 0 bridgehead atoms. The number of carboxylic acids is 1. The van der Waals surface area contributed by atoms with Gasteiger partial charge in [-0.25, -0.2) is 4.98 Å².